The van der Waals surface area contributed by atoms with Crippen molar-refractivity contribution in [3.8, 4) is 0 Å². The van der Waals surface area contributed by atoms with Crippen LogP contribution in [0.5, 0.6) is 0 Å². The molecule has 2 unspecified atom stereocenters. The van der Waals surface area contributed by atoms with Crippen LogP contribution in [0.1, 0.15) is 31.7 Å². The predicted octanol–water partition coefficient (Wildman–Crippen LogP) is 1.37. The van der Waals surface area contributed by atoms with Crippen molar-refractivity contribution >= 4 is 17.0 Å². The third-order valence-corrected chi connectivity index (χ3v) is 3.81. The van der Waals surface area contributed by atoms with E-state index >= 15 is 0 Å². The van der Waals surface area contributed by atoms with Gasteiger partial charge in [0.1, 0.15) is 6.33 Å². The molecule has 6 nitrogen and oxygen atoms in total. The number of nitrogens with zero attached hydrogens (tertiary/aromatic N) is 5. The number of anilines is 1. The van der Waals surface area contributed by atoms with Crippen LogP contribution in [-0.4, -0.2) is 44.8 Å². The molecule has 19 heavy (non-hydrogen) atoms. The van der Waals surface area contributed by atoms with E-state index in [0.29, 0.717) is 0 Å². The van der Waals surface area contributed by atoms with Gasteiger partial charge in [-0.2, -0.15) is 0 Å². The normalized spacial score (nSPS) is 23.7. The van der Waals surface area contributed by atoms with Crippen LogP contribution in [0.2, 0.25) is 0 Å². The summed E-state index contributed by atoms with van der Waals surface area (Å²) in [5.74, 6) is 0.814. The predicted molar refractivity (Wildman–Crippen MR) is 73.2 cm³/mol. The molecule has 1 fully saturated rings. The van der Waals surface area contributed by atoms with E-state index in [1.807, 2.05) is 23.6 Å². The lowest BCUT2D eigenvalue weighted by Crippen LogP contribution is -2.27. The fraction of sp³-hybridized carbons (Fsp3) is 0.615. The summed E-state index contributed by atoms with van der Waals surface area (Å²) in [6, 6.07) is 0.0867. The van der Waals surface area contributed by atoms with Gasteiger partial charge in [0.2, 0.25) is 0 Å². The van der Waals surface area contributed by atoms with Gasteiger partial charge < -0.3 is 14.6 Å². The summed E-state index contributed by atoms with van der Waals surface area (Å²) in [5.41, 5.74) is 1.61. The standard InChI is InChI=1S/C13H19N5O/c1-17(2)12-11-13(15-7-14-12)18(8-16-11)9-5-3-4-6-10(9)19/h7-10,19H,3-6H2,1-2H3. The highest BCUT2D eigenvalue weighted by molar-refractivity contribution is 5.83. The van der Waals surface area contributed by atoms with Crippen molar-refractivity contribution in [2.45, 2.75) is 37.8 Å². The zero-order valence-electron chi connectivity index (χ0n) is 11.3. The average molecular weight is 261 g/mol. The molecule has 1 saturated carbocycles. The van der Waals surface area contributed by atoms with Gasteiger partial charge >= 0.3 is 0 Å². The Morgan fingerprint density at radius 2 is 2.00 bits per heavy atom. The summed E-state index contributed by atoms with van der Waals surface area (Å²) in [5, 5.41) is 10.2. The fourth-order valence-corrected chi connectivity index (χ4v) is 2.83. The van der Waals surface area contributed by atoms with Crippen LogP contribution >= 0.6 is 0 Å². The van der Waals surface area contributed by atoms with Crippen LogP contribution in [-0.2, 0) is 0 Å². The molecular weight excluding hydrogens is 242 g/mol. The van der Waals surface area contributed by atoms with Gasteiger partial charge in [-0.05, 0) is 12.8 Å². The molecule has 0 radical (unpaired) electrons. The van der Waals surface area contributed by atoms with Gasteiger partial charge in [0.15, 0.2) is 17.0 Å². The Morgan fingerprint density at radius 1 is 1.21 bits per heavy atom. The Balaban J connectivity index is 2.08. The van der Waals surface area contributed by atoms with Crippen molar-refractivity contribution in [1.29, 1.82) is 0 Å². The first-order chi connectivity index (χ1) is 9.18. The lowest BCUT2D eigenvalue weighted by molar-refractivity contribution is 0.0770. The maximum absolute atomic E-state index is 10.2. The molecule has 2 aromatic rings. The second kappa shape index (κ2) is 4.77. The molecule has 2 heterocycles. The summed E-state index contributed by atoms with van der Waals surface area (Å²) in [7, 11) is 3.88. The van der Waals surface area contributed by atoms with Crippen LogP contribution in [0.15, 0.2) is 12.7 Å². The molecular formula is C13H19N5O. The Bertz CT molecular complexity index is 579. The van der Waals surface area contributed by atoms with Crippen LogP contribution in [0.4, 0.5) is 5.82 Å². The largest absolute Gasteiger partial charge is 0.391 e. The summed E-state index contributed by atoms with van der Waals surface area (Å²) in [6.45, 7) is 0. The smallest absolute Gasteiger partial charge is 0.165 e. The summed E-state index contributed by atoms with van der Waals surface area (Å²) >= 11 is 0. The zero-order valence-corrected chi connectivity index (χ0v) is 11.3. The van der Waals surface area contributed by atoms with Crippen molar-refractivity contribution < 1.29 is 5.11 Å². The van der Waals surface area contributed by atoms with E-state index in [0.717, 1.165) is 42.7 Å². The molecule has 6 heteroatoms. The van der Waals surface area contributed by atoms with E-state index in [1.165, 1.54) is 0 Å². The van der Waals surface area contributed by atoms with Crippen LogP contribution < -0.4 is 4.90 Å². The maximum atomic E-state index is 10.2. The van der Waals surface area contributed by atoms with Gasteiger partial charge in [0.25, 0.3) is 0 Å². The molecule has 0 aromatic carbocycles. The highest BCUT2D eigenvalue weighted by Gasteiger charge is 2.26. The van der Waals surface area contributed by atoms with Gasteiger partial charge in [0.05, 0.1) is 18.5 Å². The third kappa shape index (κ3) is 2.06. The Hall–Kier alpha value is -1.69. The second-order valence-electron chi connectivity index (χ2n) is 5.33. The monoisotopic (exact) mass is 261 g/mol. The number of hydrogen-bond donors (Lipinski definition) is 1. The molecule has 0 aliphatic heterocycles. The molecule has 1 aliphatic rings. The van der Waals surface area contributed by atoms with E-state index in [1.54, 1.807) is 12.7 Å². The topological polar surface area (TPSA) is 67.1 Å². The number of imidazole rings is 1. The molecule has 1 aliphatic carbocycles. The van der Waals surface area contributed by atoms with Crippen molar-refractivity contribution in [3.05, 3.63) is 12.7 Å². The lowest BCUT2D eigenvalue weighted by atomic mass is 9.92. The molecule has 0 spiro atoms. The molecule has 1 N–H and O–H groups in total. The van der Waals surface area contributed by atoms with Crippen molar-refractivity contribution in [2.75, 3.05) is 19.0 Å². The SMILES string of the molecule is CN(C)c1ncnc2c1ncn2C1CCCCC1O. The van der Waals surface area contributed by atoms with Gasteiger partial charge in [-0.25, -0.2) is 15.0 Å². The summed E-state index contributed by atoms with van der Waals surface area (Å²) in [4.78, 5) is 15.0. The van der Waals surface area contributed by atoms with Crippen molar-refractivity contribution in [1.82, 2.24) is 19.5 Å². The minimum atomic E-state index is -0.302. The minimum Gasteiger partial charge on any atom is -0.391 e. The van der Waals surface area contributed by atoms with Crippen LogP contribution in [0, 0.1) is 0 Å². The first-order valence-electron chi connectivity index (χ1n) is 6.71. The Morgan fingerprint density at radius 3 is 2.74 bits per heavy atom. The van der Waals surface area contributed by atoms with Crippen LogP contribution in [0.25, 0.3) is 11.2 Å². The Kier molecular flexibility index (Phi) is 3.10. The third-order valence-electron chi connectivity index (χ3n) is 3.81. The number of rotatable bonds is 2. The number of hydrogen-bond acceptors (Lipinski definition) is 5. The highest BCUT2D eigenvalue weighted by Crippen LogP contribution is 2.31. The number of fused-ring (bicyclic) bond motifs is 1. The summed E-state index contributed by atoms with van der Waals surface area (Å²) < 4.78 is 2.01. The number of aromatic nitrogens is 4. The maximum Gasteiger partial charge on any atom is 0.165 e. The molecule has 0 saturated heterocycles. The van der Waals surface area contributed by atoms with Crippen LogP contribution in [0.3, 0.4) is 0 Å². The van der Waals surface area contributed by atoms with E-state index in [-0.39, 0.29) is 12.1 Å². The van der Waals surface area contributed by atoms with Gasteiger partial charge in [-0.3, -0.25) is 0 Å². The highest BCUT2D eigenvalue weighted by atomic mass is 16.3. The number of aliphatic hydroxyl groups excluding tert-OH is 1. The molecule has 2 aromatic heterocycles. The minimum absolute atomic E-state index is 0.0867. The fourth-order valence-electron chi connectivity index (χ4n) is 2.83. The van der Waals surface area contributed by atoms with E-state index in [4.69, 9.17) is 0 Å². The second-order valence-corrected chi connectivity index (χ2v) is 5.33. The Labute approximate surface area is 112 Å². The number of aliphatic hydroxyl groups is 1. The van der Waals surface area contributed by atoms with Gasteiger partial charge in [-0.15, -0.1) is 0 Å². The van der Waals surface area contributed by atoms with E-state index < -0.39 is 0 Å². The molecule has 0 amide bonds. The van der Waals surface area contributed by atoms with Gasteiger partial charge in [0, 0.05) is 14.1 Å². The zero-order chi connectivity index (χ0) is 13.4. The quantitative estimate of drug-likeness (QED) is 0.884. The van der Waals surface area contributed by atoms with Gasteiger partial charge in [-0.1, -0.05) is 12.8 Å². The first-order valence-corrected chi connectivity index (χ1v) is 6.71. The molecule has 0 bridgehead atoms. The first kappa shape index (κ1) is 12.3. The van der Waals surface area contributed by atoms with Crippen molar-refractivity contribution in [2.24, 2.45) is 0 Å². The average Bonchev–Trinajstić information content (AvgIpc) is 2.82. The molecule has 3 rings (SSSR count). The van der Waals surface area contributed by atoms with E-state index in [9.17, 15) is 5.11 Å². The van der Waals surface area contributed by atoms with Crippen molar-refractivity contribution in [3.63, 3.8) is 0 Å². The summed E-state index contributed by atoms with van der Waals surface area (Å²) in [6.07, 6.45) is 7.12. The molecule has 102 valence electrons. The molecule has 2 atom stereocenters. The lowest BCUT2D eigenvalue weighted by Gasteiger charge is -2.28. The van der Waals surface area contributed by atoms with E-state index in [2.05, 4.69) is 15.0 Å².